The van der Waals surface area contributed by atoms with E-state index in [0.29, 0.717) is 4.70 Å². The summed E-state index contributed by atoms with van der Waals surface area (Å²) >= 11 is 1.20. The van der Waals surface area contributed by atoms with Crippen LogP contribution >= 0.6 is 11.3 Å². The normalized spacial score (nSPS) is 23.7. The van der Waals surface area contributed by atoms with E-state index in [1.165, 1.54) is 34.4 Å². The molecule has 3 heterocycles. The van der Waals surface area contributed by atoms with Crippen molar-refractivity contribution in [3.8, 4) is 6.07 Å². The first-order chi connectivity index (χ1) is 14.5. The molecular weight excluding hydrogens is 431 g/mol. The van der Waals surface area contributed by atoms with E-state index >= 15 is 0 Å². The Hall–Kier alpha value is -2.77. The quantitative estimate of drug-likeness (QED) is 0.658. The van der Waals surface area contributed by atoms with Gasteiger partial charge in [0.25, 0.3) is 5.91 Å². The van der Waals surface area contributed by atoms with Crippen LogP contribution in [0.25, 0.3) is 10.2 Å². The van der Waals surface area contributed by atoms with Crippen molar-refractivity contribution in [1.82, 2.24) is 9.88 Å². The molecule has 2 aromatic rings. The van der Waals surface area contributed by atoms with Gasteiger partial charge in [-0.15, -0.1) is 11.3 Å². The lowest BCUT2D eigenvalue weighted by Crippen LogP contribution is -2.57. The molecule has 0 radical (unpaired) electrons. The summed E-state index contributed by atoms with van der Waals surface area (Å²) in [5.74, 6) is -1.13. The molecule has 0 saturated carbocycles. The van der Waals surface area contributed by atoms with Crippen LogP contribution < -0.4 is 0 Å². The van der Waals surface area contributed by atoms with Crippen LogP contribution in [0, 0.1) is 16.7 Å². The lowest BCUT2D eigenvalue weighted by molar-refractivity contribution is -0.141. The number of ketones is 1. The summed E-state index contributed by atoms with van der Waals surface area (Å²) in [4.78, 5) is 30.6. The second-order valence-corrected chi connectivity index (χ2v) is 9.33. The van der Waals surface area contributed by atoms with Crippen molar-refractivity contribution in [3.63, 3.8) is 0 Å². The zero-order chi connectivity index (χ0) is 22.6. The standard InChI is InChI=1S/C21H18F3N3O3S/c1-19(2)10-20(8-12(9-25)17(19)28)11-27(4-5-30-20)18(29)13-7-15-14(3-6-31-15)26-16(13)21(22,23)24/h3,6-8H,4-5,10-11H2,1-2H3. The summed E-state index contributed by atoms with van der Waals surface area (Å²) in [7, 11) is 0. The predicted molar refractivity (Wildman–Crippen MR) is 106 cm³/mol. The van der Waals surface area contributed by atoms with E-state index in [0.717, 1.165) is 0 Å². The molecule has 0 bridgehead atoms. The van der Waals surface area contributed by atoms with Crippen LogP contribution in [0.5, 0.6) is 0 Å². The van der Waals surface area contributed by atoms with Crippen molar-refractivity contribution < 1.29 is 27.5 Å². The highest BCUT2D eigenvalue weighted by Crippen LogP contribution is 2.42. The molecule has 1 unspecified atom stereocenters. The molecule has 1 aliphatic carbocycles. The van der Waals surface area contributed by atoms with E-state index in [4.69, 9.17) is 4.74 Å². The van der Waals surface area contributed by atoms with E-state index in [1.807, 2.05) is 6.07 Å². The zero-order valence-corrected chi connectivity index (χ0v) is 17.6. The summed E-state index contributed by atoms with van der Waals surface area (Å²) in [6, 6.07) is 4.58. The maximum absolute atomic E-state index is 13.7. The van der Waals surface area contributed by atoms with Crippen molar-refractivity contribution in [2.45, 2.75) is 32.0 Å². The molecule has 1 spiro atoms. The van der Waals surface area contributed by atoms with Gasteiger partial charge in [0.2, 0.25) is 0 Å². The van der Waals surface area contributed by atoms with Gasteiger partial charge in [0.05, 0.1) is 34.5 Å². The average molecular weight is 449 g/mol. The van der Waals surface area contributed by atoms with Crippen LogP contribution in [0.1, 0.15) is 36.3 Å². The Labute approximate surface area is 179 Å². The number of rotatable bonds is 1. The lowest BCUT2D eigenvalue weighted by atomic mass is 9.69. The minimum atomic E-state index is -4.79. The monoisotopic (exact) mass is 449 g/mol. The highest BCUT2D eigenvalue weighted by molar-refractivity contribution is 7.17. The van der Waals surface area contributed by atoms with Crippen LogP contribution in [-0.4, -0.2) is 46.9 Å². The molecule has 162 valence electrons. The Morgan fingerprint density at radius 2 is 2.13 bits per heavy atom. The number of nitriles is 1. The molecule has 1 atom stereocenters. The van der Waals surface area contributed by atoms with Crippen molar-refractivity contribution >= 4 is 33.2 Å². The van der Waals surface area contributed by atoms with Gasteiger partial charge in [-0.1, -0.05) is 13.8 Å². The van der Waals surface area contributed by atoms with E-state index in [1.54, 1.807) is 19.2 Å². The fourth-order valence-electron chi connectivity index (χ4n) is 4.27. The summed E-state index contributed by atoms with van der Waals surface area (Å²) < 4.78 is 47.4. The van der Waals surface area contributed by atoms with Gasteiger partial charge >= 0.3 is 6.18 Å². The average Bonchev–Trinajstić information content (AvgIpc) is 3.16. The number of ether oxygens (including phenoxy) is 1. The molecule has 6 nitrogen and oxygen atoms in total. The van der Waals surface area contributed by atoms with Gasteiger partial charge in [0.15, 0.2) is 11.5 Å². The van der Waals surface area contributed by atoms with E-state index < -0.39 is 34.4 Å². The number of pyridine rings is 1. The third kappa shape index (κ3) is 3.72. The number of Topliss-reactive ketones (excluding diaryl/α,β-unsaturated/α-hetero) is 1. The first kappa shape index (κ1) is 21.5. The van der Waals surface area contributed by atoms with Gasteiger partial charge in [-0.05, 0) is 30.0 Å². The van der Waals surface area contributed by atoms with Crippen molar-refractivity contribution in [2.24, 2.45) is 5.41 Å². The van der Waals surface area contributed by atoms with Gasteiger partial charge < -0.3 is 9.64 Å². The lowest BCUT2D eigenvalue weighted by Gasteiger charge is -2.46. The molecule has 2 aliphatic rings. The fraction of sp³-hybridized carbons (Fsp3) is 0.429. The molecule has 0 N–H and O–H groups in total. The summed E-state index contributed by atoms with van der Waals surface area (Å²) in [5.41, 5.74) is -3.65. The molecule has 1 saturated heterocycles. The van der Waals surface area contributed by atoms with Crippen LogP contribution in [0.2, 0.25) is 0 Å². The number of hydrogen-bond donors (Lipinski definition) is 0. The molecule has 31 heavy (non-hydrogen) atoms. The number of carbonyl (C=O) groups excluding carboxylic acids is 2. The summed E-state index contributed by atoms with van der Waals surface area (Å²) in [5, 5.41) is 11.0. The molecule has 0 aromatic carbocycles. The van der Waals surface area contributed by atoms with Crippen molar-refractivity contribution in [3.05, 3.63) is 40.4 Å². The van der Waals surface area contributed by atoms with E-state index in [-0.39, 0.29) is 43.0 Å². The Balaban J connectivity index is 1.73. The largest absolute Gasteiger partial charge is 0.434 e. The Bertz CT molecular complexity index is 1160. The first-order valence-corrected chi connectivity index (χ1v) is 10.4. The summed E-state index contributed by atoms with van der Waals surface area (Å²) in [6.45, 7) is 3.46. The first-order valence-electron chi connectivity index (χ1n) is 9.52. The van der Waals surface area contributed by atoms with Gasteiger partial charge in [-0.3, -0.25) is 9.59 Å². The zero-order valence-electron chi connectivity index (χ0n) is 16.7. The molecule has 10 heteroatoms. The summed E-state index contributed by atoms with van der Waals surface area (Å²) in [6.07, 6.45) is -3.17. The third-order valence-corrected chi connectivity index (χ3v) is 6.41. The Kier molecular flexibility index (Phi) is 4.94. The third-order valence-electron chi connectivity index (χ3n) is 5.56. The van der Waals surface area contributed by atoms with Crippen molar-refractivity contribution in [2.75, 3.05) is 19.7 Å². The maximum atomic E-state index is 13.7. The number of hydrogen-bond acceptors (Lipinski definition) is 6. The minimum Gasteiger partial charge on any atom is -0.367 e. The Morgan fingerprint density at radius 1 is 1.39 bits per heavy atom. The number of thiophene rings is 1. The predicted octanol–water partition coefficient (Wildman–Crippen LogP) is 3.98. The molecular formula is C21H18F3N3O3S. The highest BCUT2D eigenvalue weighted by Gasteiger charge is 2.49. The van der Waals surface area contributed by atoms with Crippen molar-refractivity contribution in [1.29, 1.82) is 5.26 Å². The second kappa shape index (κ2) is 7.14. The van der Waals surface area contributed by atoms with E-state index in [2.05, 4.69) is 4.98 Å². The second-order valence-electron chi connectivity index (χ2n) is 8.39. The van der Waals surface area contributed by atoms with Gasteiger partial charge in [-0.25, -0.2) is 4.98 Å². The topological polar surface area (TPSA) is 83.3 Å². The maximum Gasteiger partial charge on any atom is 0.434 e. The number of alkyl halides is 3. The fourth-order valence-corrected chi connectivity index (χ4v) is 5.04. The number of nitrogens with zero attached hydrogens (tertiary/aromatic N) is 3. The SMILES string of the molecule is CC1(C)CC2(C=C(C#N)C1=O)CN(C(=O)c1cc3sccc3nc1C(F)(F)F)CCO2. The molecule has 1 amide bonds. The van der Waals surface area contributed by atoms with Crippen LogP contribution in [0.4, 0.5) is 13.2 Å². The number of carbonyl (C=O) groups is 2. The van der Waals surface area contributed by atoms with E-state index in [9.17, 15) is 28.0 Å². The highest BCUT2D eigenvalue weighted by atomic mass is 32.1. The number of halogens is 3. The van der Waals surface area contributed by atoms with Crippen LogP contribution in [-0.2, 0) is 15.7 Å². The smallest absolute Gasteiger partial charge is 0.367 e. The minimum absolute atomic E-state index is 0.0620. The van der Waals surface area contributed by atoms with Gasteiger partial charge in [-0.2, -0.15) is 18.4 Å². The number of amides is 1. The Morgan fingerprint density at radius 3 is 2.81 bits per heavy atom. The van der Waals surface area contributed by atoms with Crippen LogP contribution in [0.15, 0.2) is 29.2 Å². The molecule has 1 fully saturated rings. The molecule has 4 rings (SSSR count). The van der Waals surface area contributed by atoms with Gasteiger partial charge in [0, 0.05) is 12.0 Å². The molecule has 2 aromatic heterocycles. The number of allylic oxidation sites excluding steroid dienone is 1. The number of fused-ring (bicyclic) bond motifs is 1. The molecule has 1 aliphatic heterocycles. The number of aromatic nitrogens is 1. The van der Waals surface area contributed by atoms with Gasteiger partial charge in [0.1, 0.15) is 11.7 Å². The van der Waals surface area contributed by atoms with Crippen LogP contribution in [0.3, 0.4) is 0 Å². The number of morpholine rings is 1.